The number of hydrogen-bond acceptors (Lipinski definition) is 9. The van der Waals surface area contributed by atoms with Gasteiger partial charge in [0.15, 0.2) is 11.0 Å². The van der Waals surface area contributed by atoms with Gasteiger partial charge in [-0.05, 0) is 32.9 Å². The van der Waals surface area contributed by atoms with Gasteiger partial charge in [-0.3, -0.25) is 14.4 Å². The first-order chi connectivity index (χ1) is 14.7. The van der Waals surface area contributed by atoms with Crippen molar-refractivity contribution in [1.29, 1.82) is 0 Å². The number of rotatable bonds is 9. The topological polar surface area (TPSA) is 123 Å². The molecule has 0 aliphatic rings. The van der Waals surface area contributed by atoms with Crippen molar-refractivity contribution in [3.8, 4) is 0 Å². The third-order valence-electron chi connectivity index (χ3n) is 4.22. The standard InChI is InChI=1S/C18H23N7O3S3/c1-5-24-15(10-25(31(4,27)28)14-8-6-12(2)7-9-14)21-23-18(24)29-11-16(26)19-17-22-20-13(3)30-17/h6-9H,5,10-11H2,1-4H3,(H,19,22,26). The van der Waals surface area contributed by atoms with Gasteiger partial charge >= 0.3 is 0 Å². The minimum absolute atomic E-state index is 0.0412. The second kappa shape index (κ2) is 9.75. The largest absolute Gasteiger partial charge is 0.305 e. The molecule has 1 amide bonds. The van der Waals surface area contributed by atoms with Gasteiger partial charge in [0.2, 0.25) is 21.1 Å². The molecule has 0 spiro atoms. The molecule has 13 heteroatoms. The first-order valence-corrected chi connectivity index (χ1v) is 13.0. The van der Waals surface area contributed by atoms with Crippen LogP contribution in [0.15, 0.2) is 29.4 Å². The Morgan fingerprint density at radius 1 is 1.16 bits per heavy atom. The highest BCUT2D eigenvalue weighted by atomic mass is 32.2. The van der Waals surface area contributed by atoms with Crippen LogP contribution in [0, 0.1) is 13.8 Å². The zero-order valence-electron chi connectivity index (χ0n) is 17.6. The minimum Gasteiger partial charge on any atom is -0.305 e. The molecule has 0 unspecified atom stereocenters. The quantitative estimate of drug-likeness (QED) is 0.462. The van der Waals surface area contributed by atoms with Gasteiger partial charge in [0.1, 0.15) is 5.01 Å². The number of nitrogens with one attached hydrogen (secondary N) is 1. The van der Waals surface area contributed by atoms with Crippen molar-refractivity contribution in [3.05, 3.63) is 40.7 Å². The van der Waals surface area contributed by atoms with Crippen LogP contribution >= 0.6 is 23.1 Å². The van der Waals surface area contributed by atoms with Crippen LogP contribution in [0.1, 0.15) is 23.3 Å². The predicted octanol–water partition coefficient (Wildman–Crippen LogP) is 2.46. The van der Waals surface area contributed by atoms with Crippen LogP contribution in [0.2, 0.25) is 0 Å². The van der Waals surface area contributed by atoms with Crippen molar-refractivity contribution in [1.82, 2.24) is 25.0 Å². The molecular formula is C18H23N7O3S3. The fourth-order valence-electron chi connectivity index (χ4n) is 2.73. The fourth-order valence-corrected chi connectivity index (χ4v) is 5.02. The van der Waals surface area contributed by atoms with Crippen LogP contribution in [-0.4, -0.2) is 51.3 Å². The molecule has 3 rings (SSSR count). The number of amides is 1. The number of carbonyl (C=O) groups excluding carboxylic acids is 1. The average Bonchev–Trinajstić information content (AvgIpc) is 3.29. The third-order valence-corrected chi connectivity index (χ3v) is 7.08. The molecule has 3 aromatic rings. The highest BCUT2D eigenvalue weighted by molar-refractivity contribution is 7.99. The molecule has 0 radical (unpaired) electrons. The zero-order valence-corrected chi connectivity index (χ0v) is 20.0. The molecule has 0 saturated carbocycles. The summed E-state index contributed by atoms with van der Waals surface area (Å²) < 4.78 is 27.9. The molecule has 1 N–H and O–H groups in total. The normalized spacial score (nSPS) is 11.5. The smallest absolute Gasteiger partial charge is 0.236 e. The Kier molecular flexibility index (Phi) is 7.28. The van der Waals surface area contributed by atoms with E-state index in [9.17, 15) is 13.2 Å². The molecule has 0 bridgehead atoms. The maximum atomic E-state index is 12.4. The van der Waals surface area contributed by atoms with Gasteiger partial charge in [0.05, 0.1) is 24.2 Å². The SMILES string of the molecule is CCn1c(CN(c2ccc(C)cc2)S(C)(=O)=O)nnc1SCC(=O)Nc1nnc(C)s1. The summed E-state index contributed by atoms with van der Waals surface area (Å²) in [6.45, 7) is 6.24. The minimum atomic E-state index is -3.53. The summed E-state index contributed by atoms with van der Waals surface area (Å²) in [4.78, 5) is 12.2. The third kappa shape index (κ3) is 6.02. The molecule has 2 heterocycles. The summed E-state index contributed by atoms with van der Waals surface area (Å²) in [5, 5.41) is 20.5. The van der Waals surface area contributed by atoms with Gasteiger partial charge in [0.25, 0.3) is 0 Å². The molecule has 0 saturated heterocycles. The molecule has 0 aliphatic heterocycles. The molecule has 10 nitrogen and oxygen atoms in total. The number of nitrogens with zero attached hydrogens (tertiary/aromatic N) is 6. The van der Waals surface area contributed by atoms with Crippen LogP contribution in [-0.2, 0) is 27.9 Å². The van der Waals surface area contributed by atoms with E-state index in [0.717, 1.165) is 16.8 Å². The van der Waals surface area contributed by atoms with Crippen molar-refractivity contribution in [2.75, 3.05) is 21.6 Å². The summed E-state index contributed by atoms with van der Waals surface area (Å²) >= 11 is 2.52. The van der Waals surface area contributed by atoms with E-state index in [1.165, 1.54) is 27.4 Å². The van der Waals surface area contributed by atoms with E-state index in [2.05, 4.69) is 25.7 Å². The number of anilines is 2. The fraction of sp³-hybridized carbons (Fsp3) is 0.389. The maximum Gasteiger partial charge on any atom is 0.236 e. The number of carbonyl (C=O) groups is 1. The van der Waals surface area contributed by atoms with Crippen molar-refractivity contribution in [3.63, 3.8) is 0 Å². The van der Waals surface area contributed by atoms with Gasteiger partial charge in [-0.1, -0.05) is 40.8 Å². The first kappa shape index (κ1) is 23.2. The summed E-state index contributed by atoms with van der Waals surface area (Å²) in [6, 6.07) is 7.24. The number of hydrogen-bond donors (Lipinski definition) is 1. The van der Waals surface area contributed by atoms with Crippen molar-refractivity contribution in [2.24, 2.45) is 0 Å². The number of thioether (sulfide) groups is 1. The van der Waals surface area contributed by atoms with E-state index in [1.54, 1.807) is 16.7 Å². The summed E-state index contributed by atoms with van der Waals surface area (Å²) in [7, 11) is -3.53. The van der Waals surface area contributed by atoms with Crippen molar-refractivity contribution >= 4 is 49.8 Å². The second-order valence-electron chi connectivity index (χ2n) is 6.71. The van der Waals surface area contributed by atoms with E-state index in [0.29, 0.717) is 28.3 Å². The van der Waals surface area contributed by atoms with Crippen molar-refractivity contribution in [2.45, 2.75) is 39.0 Å². The molecular weight excluding hydrogens is 458 g/mol. The summed E-state index contributed by atoms with van der Waals surface area (Å²) in [6.07, 6.45) is 1.16. The van der Waals surface area contributed by atoms with E-state index in [-0.39, 0.29) is 18.2 Å². The van der Waals surface area contributed by atoms with Crippen LogP contribution < -0.4 is 9.62 Å². The Morgan fingerprint density at radius 3 is 2.45 bits per heavy atom. The lowest BCUT2D eigenvalue weighted by Crippen LogP contribution is -2.30. The van der Waals surface area contributed by atoms with E-state index in [4.69, 9.17) is 0 Å². The van der Waals surface area contributed by atoms with Crippen LogP contribution in [0.4, 0.5) is 10.8 Å². The summed E-state index contributed by atoms with van der Waals surface area (Å²) in [5.41, 5.74) is 1.59. The Balaban J connectivity index is 1.73. The van der Waals surface area contributed by atoms with Gasteiger partial charge in [-0.2, -0.15) is 0 Å². The van der Waals surface area contributed by atoms with Gasteiger partial charge < -0.3 is 4.57 Å². The average molecular weight is 482 g/mol. The molecule has 166 valence electrons. The number of sulfonamides is 1. The predicted molar refractivity (Wildman–Crippen MR) is 122 cm³/mol. The highest BCUT2D eigenvalue weighted by Gasteiger charge is 2.22. The Morgan fingerprint density at radius 2 is 1.87 bits per heavy atom. The molecule has 0 aliphatic carbocycles. The molecule has 0 atom stereocenters. The maximum absolute atomic E-state index is 12.4. The first-order valence-electron chi connectivity index (χ1n) is 9.36. The zero-order chi connectivity index (χ0) is 22.6. The van der Waals surface area contributed by atoms with Crippen molar-refractivity contribution < 1.29 is 13.2 Å². The lowest BCUT2D eigenvalue weighted by molar-refractivity contribution is -0.113. The van der Waals surface area contributed by atoms with Crippen LogP contribution in [0.5, 0.6) is 0 Å². The van der Waals surface area contributed by atoms with Gasteiger partial charge in [-0.25, -0.2) is 8.42 Å². The Labute approximate surface area is 189 Å². The lowest BCUT2D eigenvalue weighted by atomic mass is 10.2. The van der Waals surface area contributed by atoms with Gasteiger partial charge in [0, 0.05) is 6.54 Å². The molecule has 0 fully saturated rings. The molecule has 31 heavy (non-hydrogen) atoms. The van der Waals surface area contributed by atoms with E-state index in [1.807, 2.05) is 32.9 Å². The lowest BCUT2D eigenvalue weighted by Gasteiger charge is -2.22. The molecule has 2 aromatic heterocycles. The summed E-state index contributed by atoms with van der Waals surface area (Å²) in [5.74, 6) is 0.381. The monoisotopic (exact) mass is 481 g/mol. The number of benzene rings is 1. The second-order valence-corrected chi connectivity index (χ2v) is 10.7. The molecule has 1 aromatic carbocycles. The number of aryl methyl sites for hydroxylation is 2. The van der Waals surface area contributed by atoms with E-state index >= 15 is 0 Å². The number of aromatic nitrogens is 5. The highest BCUT2D eigenvalue weighted by Crippen LogP contribution is 2.23. The van der Waals surface area contributed by atoms with Gasteiger partial charge in [-0.15, -0.1) is 20.4 Å². The van der Waals surface area contributed by atoms with Crippen LogP contribution in [0.3, 0.4) is 0 Å². The Hall–Kier alpha value is -2.51. The van der Waals surface area contributed by atoms with Crippen LogP contribution in [0.25, 0.3) is 0 Å². The Bertz CT molecular complexity index is 1160. The van der Waals surface area contributed by atoms with E-state index < -0.39 is 10.0 Å².